The minimum absolute atomic E-state index is 0.228. The van der Waals surface area contributed by atoms with Gasteiger partial charge in [0.15, 0.2) is 0 Å². The molecule has 1 heteroatoms. The molecule has 1 aliphatic rings. The summed E-state index contributed by atoms with van der Waals surface area (Å²) >= 11 is 0. The maximum Gasteiger partial charge on any atom is 0.0216 e. The lowest BCUT2D eigenvalue weighted by molar-refractivity contribution is 0.378. The molecule has 1 heterocycles. The van der Waals surface area contributed by atoms with Crippen molar-refractivity contribution in [2.75, 3.05) is 13.1 Å². The highest BCUT2D eigenvalue weighted by molar-refractivity contribution is 5.28. The molecule has 0 spiro atoms. The van der Waals surface area contributed by atoms with E-state index in [0.717, 1.165) is 19.5 Å². The van der Waals surface area contributed by atoms with Gasteiger partial charge in [-0.25, -0.2) is 0 Å². The van der Waals surface area contributed by atoms with E-state index >= 15 is 0 Å². The van der Waals surface area contributed by atoms with Crippen LogP contribution in [0.1, 0.15) is 47.5 Å². The summed E-state index contributed by atoms with van der Waals surface area (Å²) in [6, 6.07) is 0. The predicted octanol–water partition coefficient (Wildman–Crippen LogP) is 4.73. The zero-order chi connectivity index (χ0) is 14.5. The molecule has 0 amide bonds. The maximum atomic E-state index is 3.93. The van der Waals surface area contributed by atoms with Crippen LogP contribution in [0.15, 0.2) is 36.0 Å². The number of hydrogen-bond donors (Lipinski definition) is 1. The average molecular weight is 261 g/mol. The lowest BCUT2D eigenvalue weighted by atomic mass is 9.72. The Kier molecular flexibility index (Phi) is 6.06. The summed E-state index contributed by atoms with van der Waals surface area (Å²) in [4.78, 5) is 0. The Balaban J connectivity index is 3.05. The normalized spacial score (nSPS) is 27.6. The number of rotatable bonds is 6. The molecule has 0 bridgehead atoms. The van der Waals surface area contributed by atoms with Crippen molar-refractivity contribution in [3.05, 3.63) is 36.0 Å². The van der Waals surface area contributed by atoms with Crippen LogP contribution >= 0.6 is 0 Å². The van der Waals surface area contributed by atoms with Crippen LogP contribution < -0.4 is 5.32 Å². The summed E-state index contributed by atoms with van der Waals surface area (Å²) in [5.74, 6) is 1.11. The summed E-state index contributed by atoms with van der Waals surface area (Å²) < 4.78 is 0. The van der Waals surface area contributed by atoms with Crippen LogP contribution in [0.2, 0.25) is 0 Å². The average Bonchev–Trinajstić information content (AvgIpc) is 2.45. The monoisotopic (exact) mass is 261 g/mol. The van der Waals surface area contributed by atoms with Gasteiger partial charge in [0.2, 0.25) is 0 Å². The van der Waals surface area contributed by atoms with Crippen LogP contribution in [-0.4, -0.2) is 13.1 Å². The third-order valence-corrected chi connectivity index (χ3v) is 4.97. The molecule has 0 fully saturated rings. The first-order valence-electron chi connectivity index (χ1n) is 7.72. The van der Waals surface area contributed by atoms with E-state index in [1.54, 1.807) is 5.57 Å². The molecule has 19 heavy (non-hydrogen) atoms. The Morgan fingerprint density at radius 2 is 2.16 bits per heavy atom. The zero-order valence-corrected chi connectivity index (χ0v) is 13.4. The molecule has 0 aromatic carbocycles. The summed E-state index contributed by atoms with van der Waals surface area (Å²) in [6.45, 7) is 17.5. The van der Waals surface area contributed by atoms with Crippen molar-refractivity contribution in [3.63, 3.8) is 0 Å². The molecule has 3 unspecified atom stereocenters. The molecule has 1 nitrogen and oxygen atoms in total. The van der Waals surface area contributed by atoms with E-state index in [9.17, 15) is 0 Å². The summed E-state index contributed by atoms with van der Waals surface area (Å²) in [5.41, 5.74) is 3.33. The van der Waals surface area contributed by atoms with Crippen LogP contribution in [0.25, 0.3) is 0 Å². The van der Waals surface area contributed by atoms with Gasteiger partial charge in [-0.3, -0.25) is 0 Å². The highest BCUT2D eigenvalue weighted by atomic mass is 14.9. The highest BCUT2D eigenvalue weighted by Gasteiger charge is 2.31. The van der Waals surface area contributed by atoms with Crippen molar-refractivity contribution in [1.29, 1.82) is 0 Å². The lowest BCUT2D eigenvalue weighted by Gasteiger charge is -2.37. The van der Waals surface area contributed by atoms with E-state index < -0.39 is 0 Å². The van der Waals surface area contributed by atoms with Crippen molar-refractivity contribution in [2.45, 2.75) is 47.5 Å². The van der Waals surface area contributed by atoms with Crippen LogP contribution in [0.3, 0.4) is 0 Å². The molecule has 1 aliphatic heterocycles. The van der Waals surface area contributed by atoms with Crippen LogP contribution in [0.5, 0.6) is 0 Å². The van der Waals surface area contributed by atoms with Gasteiger partial charge in [-0.15, -0.1) is 6.58 Å². The molecular formula is C18H31N. The van der Waals surface area contributed by atoms with Gasteiger partial charge in [-0.1, -0.05) is 57.1 Å². The smallest absolute Gasteiger partial charge is 0.0216 e. The second-order valence-electron chi connectivity index (χ2n) is 6.00. The number of nitrogens with one attached hydrogen (secondary N) is 1. The van der Waals surface area contributed by atoms with Gasteiger partial charge < -0.3 is 5.32 Å². The third kappa shape index (κ3) is 3.60. The Labute approximate surface area is 119 Å². The Morgan fingerprint density at radius 3 is 2.68 bits per heavy atom. The fourth-order valence-electron chi connectivity index (χ4n) is 3.09. The molecule has 0 aliphatic carbocycles. The standard InChI is InChI=1S/C18H31N/c1-7-14(4)16(6)15(5)12-18(9-3)13-19-11-10-17(18)8-2/h7,10,12,14,16,19H,1,8-9,11,13H2,2-6H3/b15-12-. The molecule has 0 saturated heterocycles. The summed E-state index contributed by atoms with van der Waals surface area (Å²) in [5, 5.41) is 3.54. The van der Waals surface area contributed by atoms with Crippen LogP contribution in [0, 0.1) is 17.3 Å². The van der Waals surface area contributed by atoms with E-state index in [2.05, 4.69) is 64.7 Å². The van der Waals surface area contributed by atoms with E-state index in [0.29, 0.717) is 11.8 Å². The number of hydrogen-bond acceptors (Lipinski definition) is 1. The molecular weight excluding hydrogens is 230 g/mol. The molecule has 0 radical (unpaired) electrons. The van der Waals surface area contributed by atoms with Gasteiger partial charge in [-0.05, 0) is 31.6 Å². The summed E-state index contributed by atoms with van der Waals surface area (Å²) in [7, 11) is 0. The van der Waals surface area contributed by atoms with Gasteiger partial charge in [0.05, 0.1) is 0 Å². The molecule has 3 atom stereocenters. The van der Waals surface area contributed by atoms with E-state index in [1.165, 1.54) is 12.0 Å². The van der Waals surface area contributed by atoms with Gasteiger partial charge in [-0.2, -0.15) is 0 Å². The van der Waals surface area contributed by atoms with Gasteiger partial charge >= 0.3 is 0 Å². The minimum atomic E-state index is 0.228. The Hall–Kier alpha value is -0.820. The van der Waals surface area contributed by atoms with Crippen molar-refractivity contribution < 1.29 is 0 Å². The Morgan fingerprint density at radius 1 is 1.47 bits per heavy atom. The van der Waals surface area contributed by atoms with Crippen LogP contribution in [-0.2, 0) is 0 Å². The zero-order valence-electron chi connectivity index (χ0n) is 13.4. The predicted molar refractivity (Wildman–Crippen MR) is 86.2 cm³/mol. The van der Waals surface area contributed by atoms with E-state index in [-0.39, 0.29) is 5.41 Å². The quantitative estimate of drug-likeness (QED) is 0.682. The largest absolute Gasteiger partial charge is 0.312 e. The molecule has 1 N–H and O–H groups in total. The van der Waals surface area contributed by atoms with Gasteiger partial charge in [0.1, 0.15) is 0 Å². The van der Waals surface area contributed by atoms with Gasteiger partial charge in [0, 0.05) is 18.5 Å². The lowest BCUT2D eigenvalue weighted by Crippen LogP contribution is -2.38. The van der Waals surface area contributed by atoms with Gasteiger partial charge in [0.25, 0.3) is 0 Å². The molecule has 108 valence electrons. The Bertz CT molecular complexity index is 364. The minimum Gasteiger partial charge on any atom is -0.312 e. The highest BCUT2D eigenvalue weighted by Crippen LogP contribution is 2.38. The SMILES string of the molecule is C=CC(C)C(C)/C(C)=C\C1(CC)CNCC=C1CC. The second kappa shape index (κ2) is 7.09. The van der Waals surface area contributed by atoms with Crippen LogP contribution in [0.4, 0.5) is 0 Å². The van der Waals surface area contributed by atoms with Crippen molar-refractivity contribution >= 4 is 0 Å². The molecule has 0 saturated carbocycles. The summed E-state index contributed by atoms with van der Waals surface area (Å²) in [6.07, 6.45) is 9.31. The third-order valence-electron chi connectivity index (χ3n) is 4.97. The fraction of sp³-hybridized carbons (Fsp3) is 0.667. The molecule has 1 rings (SSSR count). The second-order valence-corrected chi connectivity index (χ2v) is 6.00. The maximum absolute atomic E-state index is 3.93. The first kappa shape index (κ1) is 16.2. The van der Waals surface area contributed by atoms with Crippen molar-refractivity contribution in [1.82, 2.24) is 5.32 Å². The topological polar surface area (TPSA) is 12.0 Å². The number of allylic oxidation sites excluding steroid dienone is 2. The van der Waals surface area contributed by atoms with E-state index in [4.69, 9.17) is 0 Å². The van der Waals surface area contributed by atoms with Crippen molar-refractivity contribution in [3.8, 4) is 0 Å². The van der Waals surface area contributed by atoms with E-state index in [1.807, 2.05) is 0 Å². The van der Waals surface area contributed by atoms with Crippen molar-refractivity contribution in [2.24, 2.45) is 17.3 Å². The fourth-order valence-corrected chi connectivity index (χ4v) is 3.09. The first-order valence-corrected chi connectivity index (χ1v) is 7.72. The molecule has 0 aromatic heterocycles. The molecule has 0 aromatic rings. The first-order chi connectivity index (χ1) is 9.00.